The lowest BCUT2D eigenvalue weighted by molar-refractivity contribution is -0.271. The Hall–Kier alpha value is -4.05. The zero-order valence-electron chi connectivity index (χ0n) is 22.7. The number of benzene rings is 1. The number of aromatic nitrogens is 3. The first-order valence-corrected chi connectivity index (χ1v) is 12.9. The van der Waals surface area contributed by atoms with Gasteiger partial charge in [0.15, 0.2) is 24.5 Å². The Labute approximate surface area is 241 Å². The first-order valence-electron chi connectivity index (χ1n) is 12.1. The smallest absolute Gasteiger partial charge is 0.350 e. The Morgan fingerprint density at radius 3 is 2.10 bits per heavy atom. The van der Waals surface area contributed by atoms with E-state index in [-0.39, 0.29) is 6.54 Å². The molecule has 1 aliphatic heterocycles. The predicted molar refractivity (Wildman–Crippen MR) is 140 cm³/mol. The number of hydrogen-bond acceptors (Lipinski definition) is 13. The van der Waals surface area contributed by atoms with Gasteiger partial charge in [0.25, 0.3) is 5.56 Å². The van der Waals surface area contributed by atoms with E-state index in [1.807, 2.05) is 0 Å². The number of nitrogens with zero attached hydrogens (tertiary/aromatic N) is 3. The maximum absolute atomic E-state index is 13.6. The standard InChI is InChI=1S/C25H28BrN3O12/c1-12(30)37-11-19-21(38-13(2)31)22(39-14(3)32)23(40-15(4)33)24(41-19)29-25(35)28(20(34)9-27-29)10-16-6-7-18(36-5)17(26)8-16/h6-9,19,21-24H,10-11H2,1-5H3/t19-,21-,22+,23+,24-/m1/s1. The molecule has 1 saturated heterocycles. The summed E-state index contributed by atoms with van der Waals surface area (Å²) in [5.41, 5.74) is -1.16. The molecule has 15 nitrogen and oxygen atoms in total. The van der Waals surface area contributed by atoms with Crippen LogP contribution in [0.2, 0.25) is 0 Å². The molecule has 1 aliphatic rings. The zero-order valence-corrected chi connectivity index (χ0v) is 24.3. The fourth-order valence-corrected chi connectivity index (χ4v) is 4.75. The molecule has 0 spiro atoms. The van der Waals surface area contributed by atoms with E-state index >= 15 is 0 Å². The number of methoxy groups -OCH3 is 1. The van der Waals surface area contributed by atoms with Crippen molar-refractivity contribution < 1.29 is 47.6 Å². The van der Waals surface area contributed by atoms with Gasteiger partial charge in [-0.1, -0.05) is 6.07 Å². The Morgan fingerprint density at radius 2 is 1.54 bits per heavy atom. The average molecular weight is 642 g/mol. The Bertz CT molecular complexity index is 1440. The Morgan fingerprint density at radius 1 is 0.927 bits per heavy atom. The van der Waals surface area contributed by atoms with Crippen molar-refractivity contribution in [3.8, 4) is 5.75 Å². The summed E-state index contributed by atoms with van der Waals surface area (Å²) in [6.07, 6.45) is -6.59. The summed E-state index contributed by atoms with van der Waals surface area (Å²) in [7, 11) is 1.49. The lowest BCUT2D eigenvalue weighted by atomic mass is 9.97. The molecule has 3 rings (SSSR count). The van der Waals surface area contributed by atoms with Gasteiger partial charge in [0.1, 0.15) is 24.7 Å². The molecular weight excluding hydrogens is 614 g/mol. The lowest BCUT2D eigenvalue weighted by Gasteiger charge is -2.44. The van der Waals surface area contributed by atoms with Gasteiger partial charge >= 0.3 is 29.6 Å². The summed E-state index contributed by atoms with van der Waals surface area (Å²) in [5, 5.41) is 3.90. The minimum atomic E-state index is -1.61. The fourth-order valence-electron chi connectivity index (χ4n) is 4.16. The van der Waals surface area contributed by atoms with E-state index in [0.717, 1.165) is 43.1 Å². The molecule has 0 amide bonds. The largest absolute Gasteiger partial charge is 0.496 e. The van der Waals surface area contributed by atoms with Gasteiger partial charge in [-0.3, -0.25) is 28.5 Å². The number of carbonyl (C=O) groups excluding carboxylic acids is 4. The topological polar surface area (TPSA) is 181 Å². The van der Waals surface area contributed by atoms with Crippen LogP contribution in [0.5, 0.6) is 5.75 Å². The second-order valence-electron chi connectivity index (χ2n) is 8.85. The average Bonchev–Trinajstić information content (AvgIpc) is 2.87. The molecule has 222 valence electrons. The van der Waals surface area contributed by atoms with Crippen molar-refractivity contribution in [1.82, 2.24) is 14.3 Å². The van der Waals surface area contributed by atoms with Crippen LogP contribution in [0, 0.1) is 0 Å². The van der Waals surface area contributed by atoms with Gasteiger partial charge in [0.2, 0.25) is 0 Å². The number of ether oxygens (including phenoxy) is 6. The lowest BCUT2D eigenvalue weighted by Crippen LogP contribution is -2.62. The van der Waals surface area contributed by atoms with Crippen LogP contribution < -0.4 is 16.0 Å². The van der Waals surface area contributed by atoms with Gasteiger partial charge in [-0.15, -0.1) is 0 Å². The van der Waals surface area contributed by atoms with Crippen molar-refractivity contribution in [1.29, 1.82) is 0 Å². The highest BCUT2D eigenvalue weighted by molar-refractivity contribution is 9.10. The summed E-state index contributed by atoms with van der Waals surface area (Å²) >= 11 is 3.36. The maximum atomic E-state index is 13.6. The summed E-state index contributed by atoms with van der Waals surface area (Å²) in [5.74, 6) is -2.67. The Balaban J connectivity index is 2.14. The molecule has 5 atom stereocenters. The predicted octanol–water partition coefficient (Wildman–Crippen LogP) is 0.480. The molecule has 0 N–H and O–H groups in total. The van der Waals surface area contributed by atoms with E-state index in [0.29, 0.717) is 15.8 Å². The van der Waals surface area contributed by atoms with Crippen molar-refractivity contribution in [3.05, 3.63) is 55.3 Å². The molecule has 1 aromatic heterocycles. The van der Waals surface area contributed by atoms with E-state index in [2.05, 4.69) is 21.0 Å². The molecule has 0 unspecified atom stereocenters. The summed E-state index contributed by atoms with van der Waals surface area (Å²) in [6, 6.07) is 4.95. The second kappa shape index (κ2) is 13.5. The highest BCUT2D eigenvalue weighted by atomic mass is 79.9. The van der Waals surface area contributed by atoms with Crippen LogP contribution in [0.3, 0.4) is 0 Å². The van der Waals surface area contributed by atoms with E-state index in [1.165, 1.54) is 7.11 Å². The second-order valence-corrected chi connectivity index (χ2v) is 9.71. The number of halogens is 1. The van der Waals surface area contributed by atoms with Gasteiger partial charge in [-0.2, -0.15) is 9.78 Å². The van der Waals surface area contributed by atoms with E-state index < -0.39 is 72.4 Å². The van der Waals surface area contributed by atoms with Gasteiger partial charge in [-0.05, 0) is 33.6 Å². The van der Waals surface area contributed by atoms with E-state index in [4.69, 9.17) is 28.4 Å². The van der Waals surface area contributed by atoms with Crippen molar-refractivity contribution in [2.45, 2.75) is 64.9 Å². The SMILES string of the molecule is COc1ccc(Cn2c(=O)cnn([C@@H]3O[C@H](COC(C)=O)[C@@H](OC(C)=O)[C@H](OC(C)=O)[C@@H]3OC(C)=O)c2=O)cc1Br. The van der Waals surface area contributed by atoms with Gasteiger partial charge < -0.3 is 28.4 Å². The quantitative estimate of drug-likeness (QED) is 0.273. The molecule has 0 aliphatic carbocycles. The van der Waals surface area contributed by atoms with E-state index in [9.17, 15) is 28.8 Å². The van der Waals surface area contributed by atoms with Gasteiger partial charge in [-0.25, -0.2) is 4.79 Å². The first-order chi connectivity index (χ1) is 19.3. The zero-order chi connectivity index (χ0) is 30.4. The fraction of sp³-hybridized carbons (Fsp3) is 0.480. The third-order valence-electron chi connectivity index (χ3n) is 5.75. The van der Waals surface area contributed by atoms with Crippen molar-refractivity contribution in [3.63, 3.8) is 0 Å². The van der Waals surface area contributed by atoms with Crippen LogP contribution in [-0.2, 0) is 49.4 Å². The number of carbonyl (C=O) groups is 4. The Kier molecular flexibility index (Phi) is 10.4. The maximum Gasteiger partial charge on any atom is 0.350 e. The molecule has 16 heteroatoms. The normalized spacial score (nSPS) is 21.9. The molecule has 1 aromatic carbocycles. The van der Waals surface area contributed by atoms with Crippen LogP contribution in [0.15, 0.2) is 38.5 Å². The minimum Gasteiger partial charge on any atom is -0.496 e. The summed E-state index contributed by atoms with van der Waals surface area (Å²) in [6.45, 7) is 3.66. The molecule has 0 radical (unpaired) electrons. The van der Waals surface area contributed by atoms with E-state index in [1.54, 1.807) is 18.2 Å². The summed E-state index contributed by atoms with van der Waals surface area (Å²) in [4.78, 5) is 74.0. The number of rotatable bonds is 9. The minimum absolute atomic E-state index is 0.186. The molecule has 2 aromatic rings. The molecule has 41 heavy (non-hydrogen) atoms. The van der Waals surface area contributed by atoms with Crippen LogP contribution in [0.1, 0.15) is 39.5 Å². The van der Waals surface area contributed by atoms with Crippen LogP contribution in [-0.4, -0.2) is 76.4 Å². The van der Waals surface area contributed by atoms with Gasteiger partial charge in [0, 0.05) is 27.7 Å². The van der Waals surface area contributed by atoms with Gasteiger partial charge in [0.05, 0.1) is 18.1 Å². The monoisotopic (exact) mass is 641 g/mol. The number of hydrogen-bond donors (Lipinski definition) is 0. The van der Waals surface area contributed by atoms with Crippen LogP contribution in [0.25, 0.3) is 0 Å². The molecule has 1 fully saturated rings. The third-order valence-corrected chi connectivity index (χ3v) is 6.37. The first kappa shape index (κ1) is 31.5. The third kappa shape index (κ3) is 7.79. The highest BCUT2D eigenvalue weighted by Crippen LogP contribution is 2.33. The number of esters is 4. The molecule has 0 saturated carbocycles. The molecule has 0 bridgehead atoms. The van der Waals surface area contributed by atoms with Crippen molar-refractivity contribution >= 4 is 39.8 Å². The van der Waals surface area contributed by atoms with Crippen molar-refractivity contribution in [2.24, 2.45) is 0 Å². The highest BCUT2D eigenvalue weighted by Gasteiger charge is 2.53. The van der Waals surface area contributed by atoms with Crippen molar-refractivity contribution in [2.75, 3.05) is 13.7 Å². The molecule has 2 heterocycles. The summed E-state index contributed by atoms with van der Waals surface area (Å²) < 4.78 is 34.5. The van der Waals surface area contributed by atoms with Crippen LogP contribution >= 0.6 is 15.9 Å². The van der Waals surface area contributed by atoms with Crippen LogP contribution in [0.4, 0.5) is 0 Å². The molecular formula is C25H28BrN3O12.